The first kappa shape index (κ1) is 11.0. The Hall–Kier alpha value is -0.0331. The molecule has 0 fully saturated rings. The van der Waals surface area contributed by atoms with Crippen LogP contribution in [-0.2, 0) is 0 Å². The number of thiocarbonyl (C=S) groups is 1. The summed E-state index contributed by atoms with van der Waals surface area (Å²) < 4.78 is 24.7. The Kier molecular flexibility index (Phi) is 4.75. The monoisotopic (exact) mass is 197 g/mol. The van der Waals surface area contributed by atoms with E-state index in [0.717, 1.165) is 6.55 Å². The lowest BCUT2D eigenvalue weighted by molar-refractivity contribution is 0.599. The van der Waals surface area contributed by atoms with Gasteiger partial charge in [0.15, 0.2) is 0 Å². The van der Waals surface area contributed by atoms with Crippen molar-refractivity contribution in [1.82, 2.24) is 5.32 Å². The number of hydrogen-bond donors (Lipinski definition) is 1. The van der Waals surface area contributed by atoms with Crippen molar-refractivity contribution in [2.24, 2.45) is 0 Å². The van der Waals surface area contributed by atoms with Crippen LogP contribution in [0.2, 0.25) is 12.6 Å². The average molecular weight is 197 g/mol. The molecule has 0 aromatic carbocycles. The summed E-state index contributed by atoms with van der Waals surface area (Å²) in [5, 5.41) is 2.75. The average Bonchev–Trinajstić information content (AvgIpc) is 1.85. The van der Waals surface area contributed by atoms with Crippen LogP contribution in [0.25, 0.3) is 0 Å². The fraction of sp³-hybridized carbons (Fsp3) is 0.833. The van der Waals surface area contributed by atoms with Gasteiger partial charge >= 0.3 is 8.74 Å². The Morgan fingerprint density at radius 1 is 1.55 bits per heavy atom. The van der Waals surface area contributed by atoms with Crippen molar-refractivity contribution < 1.29 is 8.22 Å². The van der Waals surface area contributed by atoms with Crippen LogP contribution in [0.5, 0.6) is 0 Å². The molecule has 0 aromatic rings. The van der Waals surface area contributed by atoms with Gasteiger partial charge in [0.1, 0.15) is 0 Å². The Balaban J connectivity index is 3.35. The third-order valence-corrected chi connectivity index (χ3v) is 2.94. The van der Waals surface area contributed by atoms with E-state index in [9.17, 15) is 8.22 Å². The summed E-state index contributed by atoms with van der Waals surface area (Å²) in [4.78, 5) is 0.670. The Bertz CT molecular complexity index is 135. The third-order valence-electron chi connectivity index (χ3n) is 1.30. The highest BCUT2D eigenvalue weighted by molar-refractivity contribution is 7.80. The van der Waals surface area contributed by atoms with Crippen molar-refractivity contribution in [3.63, 3.8) is 0 Å². The summed E-state index contributed by atoms with van der Waals surface area (Å²) in [5.41, 5.74) is 0. The molecule has 0 aliphatic rings. The molecule has 0 spiro atoms. The van der Waals surface area contributed by atoms with Crippen LogP contribution >= 0.6 is 12.2 Å². The van der Waals surface area contributed by atoms with E-state index in [4.69, 9.17) is 12.2 Å². The summed E-state index contributed by atoms with van der Waals surface area (Å²) in [6.45, 7) is 1.06. The van der Waals surface area contributed by atoms with Crippen LogP contribution in [0.15, 0.2) is 0 Å². The van der Waals surface area contributed by atoms with Gasteiger partial charge in [-0.3, -0.25) is 8.22 Å². The maximum Gasteiger partial charge on any atom is 0.422 e. The Labute approximate surface area is 72.5 Å². The number of hydrogen-bond acceptors (Lipinski definition) is 1. The summed E-state index contributed by atoms with van der Waals surface area (Å²) in [7, 11) is -2.11. The molecule has 11 heavy (non-hydrogen) atoms. The molecule has 0 amide bonds. The van der Waals surface area contributed by atoms with Gasteiger partial charge in [-0.1, -0.05) is 12.2 Å². The first-order valence-corrected chi connectivity index (χ1v) is 6.41. The second-order valence-corrected chi connectivity index (χ2v) is 5.73. The molecule has 0 saturated carbocycles. The molecule has 0 bridgehead atoms. The molecular weight excluding hydrogens is 184 g/mol. The molecule has 0 heterocycles. The van der Waals surface area contributed by atoms with E-state index >= 15 is 0 Å². The van der Waals surface area contributed by atoms with Gasteiger partial charge in [0.05, 0.1) is 4.99 Å². The molecule has 66 valence electrons. The minimum atomic E-state index is -3.82. The lowest BCUT2D eigenvalue weighted by Crippen LogP contribution is -2.19. The molecule has 0 aliphatic heterocycles. The van der Waals surface area contributed by atoms with Gasteiger partial charge < -0.3 is 5.32 Å². The van der Waals surface area contributed by atoms with Crippen molar-refractivity contribution in [1.29, 1.82) is 0 Å². The lowest BCUT2D eigenvalue weighted by atomic mass is 10.3. The topological polar surface area (TPSA) is 12.0 Å². The van der Waals surface area contributed by atoms with Crippen molar-refractivity contribution >= 4 is 25.9 Å². The minimum Gasteiger partial charge on any atom is -0.383 e. The molecule has 0 rings (SSSR count). The van der Waals surface area contributed by atoms with E-state index in [1.165, 1.54) is 0 Å². The van der Waals surface area contributed by atoms with Gasteiger partial charge in [-0.05, 0) is 25.4 Å². The molecular formula is C6H13F2NSSi. The number of rotatable bonds is 4. The molecule has 0 atom stereocenters. The lowest BCUT2D eigenvalue weighted by Gasteiger charge is -2.06. The Morgan fingerprint density at radius 2 is 2.09 bits per heavy atom. The van der Waals surface area contributed by atoms with Crippen molar-refractivity contribution in [3.8, 4) is 0 Å². The summed E-state index contributed by atoms with van der Waals surface area (Å²) >= 11 is 4.80. The van der Waals surface area contributed by atoms with Gasteiger partial charge in [-0.2, -0.15) is 0 Å². The maximum atomic E-state index is 12.4. The second-order valence-electron chi connectivity index (χ2n) is 2.60. The fourth-order valence-electron chi connectivity index (χ4n) is 0.684. The van der Waals surface area contributed by atoms with E-state index < -0.39 is 8.74 Å². The van der Waals surface area contributed by atoms with Crippen molar-refractivity contribution in [3.05, 3.63) is 0 Å². The first-order valence-electron chi connectivity index (χ1n) is 3.54. The first-order chi connectivity index (χ1) is 4.95. The molecule has 0 unspecified atom stereocenters. The third kappa shape index (κ3) is 7.87. The molecule has 0 aliphatic carbocycles. The molecule has 0 radical (unpaired) electrons. The maximum absolute atomic E-state index is 12.4. The van der Waals surface area contributed by atoms with Crippen LogP contribution in [0, 0.1) is 0 Å². The molecule has 0 aromatic heterocycles. The molecule has 5 heteroatoms. The largest absolute Gasteiger partial charge is 0.422 e. The van der Waals surface area contributed by atoms with Crippen LogP contribution in [0.4, 0.5) is 8.22 Å². The highest BCUT2D eigenvalue weighted by atomic mass is 32.1. The van der Waals surface area contributed by atoms with E-state index in [1.54, 1.807) is 7.05 Å². The van der Waals surface area contributed by atoms with Gasteiger partial charge in [0.2, 0.25) is 0 Å². The zero-order chi connectivity index (χ0) is 8.91. The fourth-order valence-corrected chi connectivity index (χ4v) is 1.63. The standard InChI is InChI=1S/C6H13F2NSSi/c1-9-6(10)4-3-5-11(2,7)8/h3-5H2,1-2H3,(H,9,10). The zero-order valence-electron chi connectivity index (χ0n) is 6.79. The summed E-state index contributed by atoms with van der Waals surface area (Å²) in [6, 6.07) is 0.0504. The van der Waals surface area contributed by atoms with E-state index in [0.29, 0.717) is 17.8 Å². The molecule has 0 saturated heterocycles. The minimum absolute atomic E-state index is 0.0504. The molecule has 1 N–H and O–H groups in total. The van der Waals surface area contributed by atoms with E-state index in [-0.39, 0.29) is 6.04 Å². The second kappa shape index (κ2) is 4.77. The predicted octanol–water partition coefficient (Wildman–Crippen LogP) is 2.32. The van der Waals surface area contributed by atoms with Crippen LogP contribution < -0.4 is 5.32 Å². The van der Waals surface area contributed by atoms with Crippen LogP contribution in [-0.4, -0.2) is 20.8 Å². The zero-order valence-corrected chi connectivity index (χ0v) is 8.60. The number of nitrogens with one attached hydrogen (secondary N) is 1. The molecule has 1 nitrogen and oxygen atoms in total. The quantitative estimate of drug-likeness (QED) is 0.422. The highest BCUT2D eigenvalue weighted by Crippen LogP contribution is 2.16. The smallest absolute Gasteiger partial charge is 0.383 e. The Morgan fingerprint density at radius 3 is 2.45 bits per heavy atom. The van der Waals surface area contributed by atoms with Gasteiger partial charge in [-0.15, -0.1) is 0 Å². The number of halogens is 2. The van der Waals surface area contributed by atoms with Crippen molar-refractivity contribution in [2.75, 3.05) is 7.05 Å². The van der Waals surface area contributed by atoms with Gasteiger partial charge in [-0.25, -0.2) is 0 Å². The summed E-state index contributed by atoms with van der Waals surface area (Å²) in [5.74, 6) is 0. The van der Waals surface area contributed by atoms with E-state index in [2.05, 4.69) is 5.32 Å². The van der Waals surface area contributed by atoms with Gasteiger partial charge in [0, 0.05) is 7.05 Å². The van der Waals surface area contributed by atoms with Crippen LogP contribution in [0.1, 0.15) is 12.8 Å². The van der Waals surface area contributed by atoms with Crippen molar-refractivity contribution in [2.45, 2.75) is 25.4 Å². The predicted molar refractivity (Wildman–Crippen MR) is 49.5 cm³/mol. The SMILES string of the molecule is CNC(=S)CCC[Si](C)(F)F. The van der Waals surface area contributed by atoms with Gasteiger partial charge in [0.25, 0.3) is 0 Å². The van der Waals surface area contributed by atoms with Crippen LogP contribution in [0.3, 0.4) is 0 Å². The normalized spacial score (nSPS) is 11.3. The summed E-state index contributed by atoms with van der Waals surface area (Å²) in [6.07, 6.45) is 1.09. The van der Waals surface area contributed by atoms with E-state index in [1.807, 2.05) is 0 Å². The highest BCUT2D eigenvalue weighted by Gasteiger charge is 2.26.